The van der Waals surface area contributed by atoms with Gasteiger partial charge in [-0.3, -0.25) is 0 Å². The van der Waals surface area contributed by atoms with E-state index in [1.54, 1.807) is 0 Å². The van der Waals surface area contributed by atoms with Crippen LogP contribution in [0, 0.1) is 6.92 Å². The van der Waals surface area contributed by atoms with Gasteiger partial charge in [-0.05, 0) is 44.0 Å². The fourth-order valence-electron chi connectivity index (χ4n) is 2.21. The third-order valence-electron chi connectivity index (χ3n) is 2.97. The molecule has 2 N–H and O–H groups in total. The van der Waals surface area contributed by atoms with Gasteiger partial charge >= 0.3 is 0 Å². The molecular formula is C12H14N2. The van der Waals surface area contributed by atoms with E-state index in [0.717, 1.165) is 11.7 Å². The van der Waals surface area contributed by atoms with Gasteiger partial charge < -0.3 is 10.3 Å². The second-order valence-corrected chi connectivity index (χ2v) is 4.21. The summed E-state index contributed by atoms with van der Waals surface area (Å²) in [5.41, 5.74) is 9.31. The molecule has 1 saturated carbocycles. The van der Waals surface area contributed by atoms with Crippen molar-refractivity contribution in [3.63, 3.8) is 0 Å². The van der Waals surface area contributed by atoms with Crippen LogP contribution in [0.1, 0.15) is 24.6 Å². The van der Waals surface area contributed by atoms with Gasteiger partial charge in [-0.2, -0.15) is 0 Å². The van der Waals surface area contributed by atoms with Crippen LogP contribution >= 0.6 is 0 Å². The average molecular weight is 186 g/mol. The van der Waals surface area contributed by atoms with Crippen molar-refractivity contribution in [2.24, 2.45) is 0 Å². The van der Waals surface area contributed by atoms with Crippen molar-refractivity contribution in [2.45, 2.75) is 25.8 Å². The predicted molar refractivity (Wildman–Crippen MR) is 59.4 cm³/mol. The molecule has 1 heterocycles. The molecule has 14 heavy (non-hydrogen) atoms. The zero-order valence-corrected chi connectivity index (χ0v) is 8.33. The third kappa shape index (κ3) is 1.03. The minimum absolute atomic E-state index is 0.746. The fraction of sp³-hybridized carbons (Fsp3) is 0.333. The van der Waals surface area contributed by atoms with Gasteiger partial charge in [0.1, 0.15) is 0 Å². The van der Waals surface area contributed by atoms with E-state index in [2.05, 4.69) is 29.7 Å². The summed E-state index contributed by atoms with van der Waals surface area (Å²) in [7, 11) is 0. The highest BCUT2D eigenvalue weighted by Gasteiger charge is 2.25. The lowest BCUT2D eigenvalue weighted by molar-refractivity contribution is 0.749. The molecule has 0 aliphatic heterocycles. The van der Waals surface area contributed by atoms with Crippen LogP contribution in [-0.4, -0.2) is 4.57 Å². The third-order valence-corrected chi connectivity index (χ3v) is 2.97. The Labute approximate surface area is 83.3 Å². The van der Waals surface area contributed by atoms with Crippen LogP contribution in [0.2, 0.25) is 0 Å². The first kappa shape index (κ1) is 7.92. The lowest BCUT2D eigenvalue weighted by atomic mass is 10.2. The van der Waals surface area contributed by atoms with Crippen molar-refractivity contribution in [1.82, 2.24) is 4.57 Å². The van der Waals surface area contributed by atoms with Crippen LogP contribution < -0.4 is 5.73 Å². The molecule has 72 valence electrons. The lowest BCUT2D eigenvalue weighted by Gasteiger charge is -2.05. The minimum atomic E-state index is 0.746. The number of anilines is 1. The van der Waals surface area contributed by atoms with Crippen molar-refractivity contribution in [1.29, 1.82) is 0 Å². The highest BCUT2D eigenvalue weighted by atomic mass is 15.0. The van der Waals surface area contributed by atoms with Gasteiger partial charge in [0.25, 0.3) is 0 Å². The van der Waals surface area contributed by atoms with E-state index in [1.165, 1.54) is 29.4 Å². The van der Waals surface area contributed by atoms with E-state index in [4.69, 9.17) is 5.73 Å². The van der Waals surface area contributed by atoms with Crippen LogP contribution in [0.25, 0.3) is 10.9 Å². The second-order valence-electron chi connectivity index (χ2n) is 4.21. The number of hydrogen-bond acceptors (Lipinski definition) is 1. The molecule has 2 aromatic rings. The molecule has 0 amide bonds. The summed E-state index contributed by atoms with van der Waals surface area (Å²) in [5.74, 6) is 0. The van der Waals surface area contributed by atoms with E-state index in [-0.39, 0.29) is 0 Å². The molecule has 1 fully saturated rings. The van der Waals surface area contributed by atoms with Crippen molar-refractivity contribution < 1.29 is 0 Å². The molecule has 0 radical (unpaired) electrons. The maximum Gasteiger partial charge on any atom is 0.0486 e. The topological polar surface area (TPSA) is 30.9 Å². The monoisotopic (exact) mass is 186 g/mol. The SMILES string of the molecule is Cc1cc2cc(N)ccc2n1C1CC1. The molecule has 0 unspecified atom stereocenters. The molecule has 0 atom stereocenters. The van der Waals surface area contributed by atoms with Gasteiger partial charge in [0.15, 0.2) is 0 Å². The molecule has 0 saturated heterocycles. The molecular weight excluding hydrogens is 172 g/mol. The van der Waals surface area contributed by atoms with Gasteiger partial charge in [-0.25, -0.2) is 0 Å². The summed E-state index contributed by atoms with van der Waals surface area (Å²) in [4.78, 5) is 0. The van der Waals surface area contributed by atoms with E-state index >= 15 is 0 Å². The summed E-state index contributed by atoms with van der Waals surface area (Å²) < 4.78 is 2.44. The summed E-state index contributed by atoms with van der Waals surface area (Å²) >= 11 is 0. The standard InChI is InChI=1S/C12H14N2/c1-8-6-9-7-10(13)2-5-12(9)14(8)11-3-4-11/h2,5-7,11H,3-4,13H2,1H3. The largest absolute Gasteiger partial charge is 0.399 e. The first-order valence-corrected chi connectivity index (χ1v) is 5.13. The molecule has 2 nitrogen and oxygen atoms in total. The Balaban J connectivity index is 2.32. The Kier molecular flexibility index (Phi) is 1.43. The maximum absolute atomic E-state index is 5.77. The highest BCUT2D eigenvalue weighted by molar-refractivity contribution is 5.84. The number of fused-ring (bicyclic) bond motifs is 1. The molecule has 3 rings (SSSR count). The zero-order chi connectivity index (χ0) is 9.71. The molecule has 0 spiro atoms. The van der Waals surface area contributed by atoms with E-state index in [9.17, 15) is 0 Å². The number of hydrogen-bond donors (Lipinski definition) is 1. The Morgan fingerprint density at radius 1 is 1.29 bits per heavy atom. The summed E-state index contributed by atoms with van der Waals surface area (Å²) in [6, 6.07) is 9.15. The van der Waals surface area contributed by atoms with Crippen LogP contribution in [0.15, 0.2) is 24.3 Å². The normalized spacial score (nSPS) is 16.4. The van der Waals surface area contributed by atoms with Crippen molar-refractivity contribution >= 4 is 16.6 Å². The Morgan fingerprint density at radius 2 is 2.07 bits per heavy atom. The lowest BCUT2D eigenvalue weighted by Crippen LogP contribution is -1.95. The van der Waals surface area contributed by atoms with Crippen LogP contribution in [-0.2, 0) is 0 Å². The Bertz CT molecular complexity index is 492. The summed E-state index contributed by atoms with van der Waals surface area (Å²) in [6.45, 7) is 2.18. The van der Waals surface area contributed by atoms with Gasteiger partial charge in [-0.15, -0.1) is 0 Å². The molecule has 2 heteroatoms. The van der Waals surface area contributed by atoms with Crippen LogP contribution in [0.5, 0.6) is 0 Å². The first-order chi connectivity index (χ1) is 6.75. The highest BCUT2D eigenvalue weighted by Crippen LogP contribution is 2.39. The fourth-order valence-corrected chi connectivity index (χ4v) is 2.21. The number of nitrogens with two attached hydrogens (primary N) is 1. The van der Waals surface area contributed by atoms with E-state index < -0.39 is 0 Å². The Morgan fingerprint density at radius 3 is 2.79 bits per heavy atom. The number of rotatable bonds is 1. The summed E-state index contributed by atoms with van der Waals surface area (Å²) in [5, 5.41) is 1.27. The maximum atomic E-state index is 5.77. The van der Waals surface area contributed by atoms with Crippen molar-refractivity contribution in [3.05, 3.63) is 30.0 Å². The quantitative estimate of drug-likeness (QED) is 0.682. The minimum Gasteiger partial charge on any atom is -0.399 e. The van der Waals surface area contributed by atoms with Gasteiger partial charge in [-0.1, -0.05) is 0 Å². The summed E-state index contributed by atoms with van der Waals surface area (Å²) in [6.07, 6.45) is 2.66. The molecule has 1 aromatic carbocycles. The van der Waals surface area contributed by atoms with Gasteiger partial charge in [0.05, 0.1) is 0 Å². The smallest absolute Gasteiger partial charge is 0.0486 e. The number of aromatic nitrogens is 1. The molecule has 1 aliphatic rings. The predicted octanol–water partition coefficient (Wildman–Crippen LogP) is 2.87. The number of benzene rings is 1. The van der Waals surface area contributed by atoms with Crippen molar-refractivity contribution in [2.75, 3.05) is 5.73 Å². The first-order valence-electron chi connectivity index (χ1n) is 5.13. The zero-order valence-electron chi connectivity index (χ0n) is 8.33. The van der Waals surface area contributed by atoms with Crippen LogP contribution in [0.3, 0.4) is 0 Å². The molecule has 1 aromatic heterocycles. The van der Waals surface area contributed by atoms with Gasteiger partial charge in [0, 0.05) is 28.3 Å². The van der Waals surface area contributed by atoms with E-state index in [0.29, 0.717) is 0 Å². The van der Waals surface area contributed by atoms with E-state index in [1.807, 2.05) is 6.07 Å². The Hall–Kier alpha value is -1.44. The molecule has 0 bridgehead atoms. The van der Waals surface area contributed by atoms with Crippen molar-refractivity contribution in [3.8, 4) is 0 Å². The number of aryl methyl sites for hydroxylation is 1. The number of nitrogen functional groups attached to an aromatic ring is 1. The van der Waals surface area contributed by atoms with Crippen LogP contribution in [0.4, 0.5) is 5.69 Å². The van der Waals surface area contributed by atoms with Gasteiger partial charge in [0.2, 0.25) is 0 Å². The molecule has 1 aliphatic carbocycles. The number of nitrogens with zero attached hydrogens (tertiary/aromatic N) is 1. The average Bonchev–Trinajstić information content (AvgIpc) is 2.89. The second kappa shape index (κ2) is 2.53.